The Hall–Kier alpha value is -1.42. The van der Waals surface area contributed by atoms with Crippen molar-refractivity contribution >= 4 is 5.97 Å². The van der Waals surface area contributed by atoms with E-state index in [1.165, 1.54) is 0 Å². The molecular weight excluding hydrogens is 204 g/mol. The fourth-order valence-electron chi connectivity index (χ4n) is 1.68. The average Bonchev–Trinajstić information content (AvgIpc) is 2.16. The smallest absolute Gasteiger partial charge is 0.335 e. The van der Waals surface area contributed by atoms with Crippen molar-refractivity contribution in [3.05, 3.63) is 29.1 Å². The standard InChI is InChI=1S/C12H18N2O2/c1-4-5-14(3)8-11-7-10(12(15)16)6-9(2)13-11/h6-7H,4-5,8H2,1-3H3,(H,15,16). The summed E-state index contributed by atoms with van der Waals surface area (Å²) in [5, 5.41) is 8.93. The number of pyridine rings is 1. The van der Waals surface area contributed by atoms with Gasteiger partial charge in [0.05, 0.1) is 11.3 Å². The van der Waals surface area contributed by atoms with E-state index in [4.69, 9.17) is 5.11 Å². The van der Waals surface area contributed by atoms with Crippen LogP contribution in [0.15, 0.2) is 12.1 Å². The number of hydrogen-bond donors (Lipinski definition) is 1. The minimum absolute atomic E-state index is 0.312. The van der Waals surface area contributed by atoms with Crippen LogP contribution < -0.4 is 0 Å². The SMILES string of the molecule is CCCN(C)Cc1cc(C(=O)O)cc(C)n1. The lowest BCUT2D eigenvalue weighted by molar-refractivity contribution is 0.0696. The van der Waals surface area contributed by atoms with Crippen LogP contribution in [0.25, 0.3) is 0 Å². The first-order valence-electron chi connectivity index (χ1n) is 5.42. The van der Waals surface area contributed by atoms with E-state index in [9.17, 15) is 4.79 Å². The highest BCUT2D eigenvalue weighted by atomic mass is 16.4. The van der Waals surface area contributed by atoms with Gasteiger partial charge < -0.3 is 10.0 Å². The van der Waals surface area contributed by atoms with Crippen LogP contribution in [-0.2, 0) is 6.54 Å². The van der Waals surface area contributed by atoms with Gasteiger partial charge in [0.15, 0.2) is 0 Å². The first kappa shape index (κ1) is 12.6. The van der Waals surface area contributed by atoms with Crippen molar-refractivity contribution in [3.63, 3.8) is 0 Å². The lowest BCUT2D eigenvalue weighted by Gasteiger charge is -2.15. The maximum atomic E-state index is 10.9. The van der Waals surface area contributed by atoms with Crippen molar-refractivity contribution in [2.24, 2.45) is 0 Å². The van der Waals surface area contributed by atoms with Crippen LogP contribution in [0.5, 0.6) is 0 Å². The highest BCUT2D eigenvalue weighted by Gasteiger charge is 2.08. The Morgan fingerprint density at radius 1 is 1.50 bits per heavy atom. The fourth-order valence-corrected chi connectivity index (χ4v) is 1.68. The van der Waals surface area contributed by atoms with Gasteiger partial charge in [-0.2, -0.15) is 0 Å². The fraction of sp³-hybridized carbons (Fsp3) is 0.500. The van der Waals surface area contributed by atoms with Crippen LogP contribution in [0, 0.1) is 6.92 Å². The van der Waals surface area contributed by atoms with E-state index in [1.807, 2.05) is 14.0 Å². The molecule has 0 amide bonds. The summed E-state index contributed by atoms with van der Waals surface area (Å²) < 4.78 is 0. The first-order valence-corrected chi connectivity index (χ1v) is 5.42. The number of rotatable bonds is 5. The van der Waals surface area contributed by atoms with Crippen molar-refractivity contribution in [1.29, 1.82) is 0 Å². The van der Waals surface area contributed by atoms with E-state index < -0.39 is 5.97 Å². The largest absolute Gasteiger partial charge is 0.478 e. The molecule has 0 aromatic carbocycles. The van der Waals surface area contributed by atoms with E-state index in [0.717, 1.165) is 24.4 Å². The van der Waals surface area contributed by atoms with E-state index in [2.05, 4.69) is 16.8 Å². The Labute approximate surface area is 95.9 Å². The average molecular weight is 222 g/mol. The van der Waals surface area contributed by atoms with Gasteiger partial charge in [0.2, 0.25) is 0 Å². The van der Waals surface area contributed by atoms with Gasteiger partial charge in [0, 0.05) is 12.2 Å². The van der Waals surface area contributed by atoms with Gasteiger partial charge in [-0.05, 0) is 39.1 Å². The van der Waals surface area contributed by atoms with Crippen LogP contribution in [0.3, 0.4) is 0 Å². The number of carboxylic acids is 1. The Morgan fingerprint density at radius 3 is 2.75 bits per heavy atom. The summed E-state index contributed by atoms with van der Waals surface area (Å²) in [7, 11) is 2.01. The van der Waals surface area contributed by atoms with Crippen LogP contribution in [0.2, 0.25) is 0 Å². The number of hydrogen-bond acceptors (Lipinski definition) is 3. The van der Waals surface area contributed by atoms with Gasteiger partial charge in [-0.3, -0.25) is 4.98 Å². The highest BCUT2D eigenvalue weighted by Crippen LogP contribution is 2.08. The molecular formula is C12H18N2O2. The quantitative estimate of drug-likeness (QED) is 0.827. The molecule has 88 valence electrons. The lowest BCUT2D eigenvalue weighted by atomic mass is 10.2. The minimum atomic E-state index is -0.898. The van der Waals surface area contributed by atoms with Crippen molar-refractivity contribution in [1.82, 2.24) is 9.88 Å². The number of carboxylic acid groups (broad SMARTS) is 1. The van der Waals surface area contributed by atoms with Crippen LogP contribution in [-0.4, -0.2) is 34.6 Å². The molecule has 1 aromatic heterocycles. The Morgan fingerprint density at radius 2 is 2.19 bits per heavy atom. The van der Waals surface area contributed by atoms with Gasteiger partial charge >= 0.3 is 5.97 Å². The zero-order valence-corrected chi connectivity index (χ0v) is 10.0. The molecule has 0 aliphatic rings. The molecule has 0 aliphatic carbocycles. The zero-order chi connectivity index (χ0) is 12.1. The number of nitrogens with zero attached hydrogens (tertiary/aromatic N) is 2. The van der Waals surface area contributed by atoms with Gasteiger partial charge in [-0.15, -0.1) is 0 Å². The third kappa shape index (κ3) is 3.62. The van der Waals surface area contributed by atoms with Crippen molar-refractivity contribution < 1.29 is 9.90 Å². The molecule has 1 rings (SSSR count). The predicted molar refractivity (Wildman–Crippen MR) is 62.6 cm³/mol. The molecule has 4 nitrogen and oxygen atoms in total. The van der Waals surface area contributed by atoms with Crippen LogP contribution >= 0.6 is 0 Å². The summed E-state index contributed by atoms with van der Waals surface area (Å²) in [6.45, 7) is 5.60. The molecule has 1 heterocycles. The van der Waals surface area contributed by atoms with Gasteiger partial charge in [-0.25, -0.2) is 4.79 Å². The van der Waals surface area contributed by atoms with E-state index in [-0.39, 0.29) is 0 Å². The topological polar surface area (TPSA) is 53.4 Å². The third-order valence-corrected chi connectivity index (χ3v) is 2.29. The molecule has 16 heavy (non-hydrogen) atoms. The van der Waals surface area contributed by atoms with Crippen molar-refractivity contribution in [2.45, 2.75) is 26.8 Å². The normalized spacial score (nSPS) is 10.8. The van der Waals surface area contributed by atoms with Gasteiger partial charge in [0.1, 0.15) is 0 Å². The maximum Gasteiger partial charge on any atom is 0.335 e. The first-order chi connectivity index (χ1) is 7.52. The molecule has 4 heteroatoms. The molecule has 0 atom stereocenters. The molecule has 0 aliphatic heterocycles. The van der Waals surface area contributed by atoms with E-state index >= 15 is 0 Å². The van der Waals surface area contributed by atoms with Crippen molar-refractivity contribution in [2.75, 3.05) is 13.6 Å². The predicted octanol–water partition coefficient (Wildman–Crippen LogP) is 1.93. The summed E-state index contributed by atoms with van der Waals surface area (Å²) in [5.41, 5.74) is 1.88. The van der Waals surface area contributed by atoms with Crippen molar-refractivity contribution in [3.8, 4) is 0 Å². The third-order valence-electron chi connectivity index (χ3n) is 2.29. The maximum absolute atomic E-state index is 10.9. The van der Waals surface area contributed by atoms with Crippen LogP contribution in [0.1, 0.15) is 35.1 Å². The van der Waals surface area contributed by atoms with E-state index in [1.54, 1.807) is 12.1 Å². The summed E-state index contributed by atoms with van der Waals surface area (Å²) in [6.07, 6.45) is 1.08. The lowest BCUT2D eigenvalue weighted by Crippen LogP contribution is -2.19. The minimum Gasteiger partial charge on any atom is -0.478 e. The van der Waals surface area contributed by atoms with Crippen LogP contribution in [0.4, 0.5) is 0 Å². The molecule has 0 unspecified atom stereocenters. The molecule has 0 fully saturated rings. The second kappa shape index (κ2) is 5.61. The molecule has 0 bridgehead atoms. The monoisotopic (exact) mass is 222 g/mol. The van der Waals surface area contributed by atoms with Gasteiger partial charge in [-0.1, -0.05) is 6.92 Å². The zero-order valence-electron chi connectivity index (χ0n) is 10.0. The van der Waals surface area contributed by atoms with Gasteiger partial charge in [0.25, 0.3) is 0 Å². The number of aromatic nitrogens is 1. The Balaban J connectivity index is 2.84. The molecule has 1 aromatic rings. The molecule has 0 saturated heterocycles. The molecule has 1 N–H and O–H groups in total. The second-order valence-electron chi connectivity index (χ2n) is 4.03. The number of aryl methyl sites for hydroxylation is 1. The molecule has 0 radical (unpaired) electrons. The van der Waals surface area contributed by atoms with E-state index in [0.29, 0.717) is 12.1 Å². The summed E-state index contributed by atoms with van der Waals surface area (Å²) in [6, 6.07) is 3.23. The summed E-state index contributed by atoms with van der Waals surface area (Å²) in [5.74, 6) is -0.898. The Kier molecular flexibility index (Phi) is 4.43. The number of aromatic carboxylic acids is 1. The highest BCUT2D eigenvalue weighted by molar-refractivity contribution is 5.87. The number of carbonyl (C=O) groups is 1. The molecule has 0 spiro atoms. The Bertz CT molecular complexity index is 377. The second-order valence-corrected chi connectivity index (χ2v) is 4.03. The molecule has 0 saturated carbocycles. The summed E-state index contributed by atoms with van der Waals surface area (Å²) in [4.78, 5) is 17.3. The summed E-state index contributed by atoms with van der Waals surface area (Å²) >= 11 is 0.